The number of hydrogen-bond acceptors (Lipinski definition) is 6. The fraction of sp³-hybridized carbons (Fsp3) is 0.111. The molecule has 0 atom stereocenters. The van der Waals surface area contributed by atoms with E-state index in [9.17, 15) is 10.1 Å². The lowest BCUT2D eigenvalue weighted by Crippen LogP contribution is -1.91. The van der Waals surface area contributed by atoms with Crippen LogP contribution in [0.5, 0.6) is 0 Å². The smallest absolute Gasteiger partial charge is 0.269 e. The summed E-state index contributed by atoms with van der Waals surface area (Å²) in [6.45, 7) is 0. The first-order chi connectivity index (χ1) is 7.65. The Hall–Kier alpha value is -2.02. The van der Waals surface area contributed by atoms with Crippen LogP contribution < -0.4 is 5.73 Å². The second-order valence-corrected chi connectivity index (χ2v) is 4.23. The van der Waals surface area contributed by atoms with Gasteiger partial charge in [0.05, 0.1) is 4.92 Å². The van der Waals surface area contributed by atoms with Gasteiger partial charge >= 0.3 is 0 Å². The second kappa shape index (κ2) is 4.23. The van der Waals surface area contributed by atoms with Crippen molar-refractivity contribution >= 4 is 22.2 Å². The first-order valence-electron chi connectivity index (χ1n) is 4.46. The van der Waals surface area contributed by atoms with E-state index in [1.165, 1.54) is 23.5 Å². The Balaban J connectivity index is 2.21. The number of nitrogens with two attached hydrogens (primary N) is 1. The molecule has 0 radical (unpaired) electrons. The third kappa shape index (κ3) is 2.31. The number of hydrogen-bond donors (Lipinski definition) is 1. The summed E-state index contributed by atoms with van der Waals surface area (Å²) in [5.74, 6) is 0. The van der Waals surface area contributed by atoms with Crippen molar-refractivity contribution in [2.45, 2.75) is 6.42 Å². The van der Waals surface area contributed by atoms with Crippen LogP contribution in [-0.4, -0.2) is 15.1 Å². The normalized spacial score (nSPS) is 10.2. The summed E-state index contributed by atoms with van der Waals surface area (Å²) in [6, 6.07) is 6.44. The molecule has 1 heterocycles. The molecule has 1 aromatic heterocycles. The van der Waals surface area contributed by atoms with Crippen LogP contribution in [-0.2, 0) is 6.42 Å². The number of nitro benzene ring substituents is 1. The van der Waals surface area contributed by atoms with E-state index in [1.807, 2.05) is 6.07 Å². The number of nitro groups is 1. The molecule has 82 valence electrons. The zero-order valence-electron chi connectivity index (χ0n) is 8.16. The van der Waals surface area contributed by atoms with Crippen molar-refractivity contribution in [3.8, 4) is 0 Å². The highest BCUT2D eigenvalue weighted by molar-refractivity contribution is 7.15. The van der Waals surface area contributed by atoms with E-state index in [2.05, 4.69) is 10.2 Å². The van der Waals surface area contributed by atoms with Gasteiger partial charge in [-0.15, -0.1) is 10.2 Å². The Morgan fingerprint density at radius 3 is 2.88 bits per heavy atom. The predicted molar refractivity (Wildman–Crippen MR) is 60.2 cm³/mol. The molecule has 2 aromatic rings. The van der Waals surface area contributed by atoms with Gasteiger partial charge in [-0.3, -0.25) is 10.1 Å². The molecule has 0 fully saturated rings. The third-order valence-electron chi connectivity index (χ3n) is 1.96. The number of non-ortho nitro benzene ring substituents is 1. The molecule has 16 heavy (non-hydrogen) atoms. The minimum Gasteiger partial charge on any atom is -0.374 e. The lowest BCUT2D eigenvalue weighted by molar-refractivity contribution is -0.384. The molecular weight excluding hydrogens is 228 g/mol. The summed E-state index contributed by atoms with van der Waals surface area (Å²) in [6.07, 6.45) is 0.510. The Morgan fingerprint density at radius 2 is 2.25 bits per heavy atom. The number of aromatic nitrogens is 2. The third-order valence-corrected chi connectivity index (χ3v) is 2.71. The monoisotopic (exact) mass is 236 g/mol. The van der Waals surface area contributed by atoms with Crippen LogP contribution in [0.1, 0.15) is 10.6 Å². The average Bonchev–Trinajstić information content (AvgIpc) is 2.64. The topological polar surface area (TPSA) is 94.9 Å². The number of nitrogens with zero attached hydrogens (tertiary/aromatic N) is 3. The van der Waals surface area contributed by atoms with Crippen molar-refractivity contribution in [1.82, 2.24) is 10.2 Å². The van der Waals surface area contributed by atoms with Crippen LogP contribution in [0.4, 0.5) is 10.8 Å². The standard InChI is InChI=1S/C9H8N4O2S/c10-9-12-11-8(16-9)5-6-2-1-3-7(4-6)13(14)15/h1-4H,5H2,(H2,10,12). The van der Waals surface area contributed by atoms with Gasteiger partial charge in [-0.05, 0) is 5.56 Å². The van der Waals surface area contributed by atoms with Gasteiger partial charge in [-0.1, -0.05) is 23.5 Å². The molecule has 0 spiro atoms. The fourth-order valence-electron chi connectivity index (χ4n) is 1.29. The molecule has 6 nitrogen and oxygen atoms in total. The van der Waals surface area contributed by atoms with Crippen LogP contribution in [0.15, 0.2) is 24.3 Å². The molecule has 2 N–H and O–H groups in total. The van der Waals surface area contributed by atoms with E-state index >= 15 is 0 Å². The summed E-state index contributed by atoms with van der Waals surface area (Å²) in [7, 11) is 0. The number of rotatable bonds is 3. The molecule has 0 saturated heterocycles. The van der Waals surface area contributed by atoms with Crippen LogP contribution in [0.25, 0.3) is 0 Å². The van der Waals surface area contributed by atoms with Crippen molar-refractivity contribution in [3.63, 3.8) is 0 Å². The Bertz CT molecular complexity index is 526. The molecule has 0 unspecified atom stereocenters. The number of anilines is 1. The first kappa shape index (κ1) is 10.5. The van der Waals surface area contributed by atoms with E-state index in [0.717, 1.165) is 10.6 Å². The van der Waals surface area contributed by atoms with Crippen molar-refractivity contribution < 1.29 is 4.92 Å². The highest BCUT2D eigenvalue weighted by Gasteiger charge is 2.08. The summed E-state index contributed by atoms with van der Waals surface area (Å²) >= 11 is 1.28. The minimum absolute atomic E-state index is 0.0787. The van der Waals surface area contributed by atoms with Gasteiger partial charge in [0.2, 0.25) is 5.13 Å². The maximum Gasteiger partial charge on any atom is 0.269 e. The molecule has 0 bridgehead atoms. The molecule has 0 aliphatic rings. The molecule has 0 aliphatic heterocycles. The van der Waals surface area contributed by atoms with Crippen LogP contribution in [0.2, 0.25) is 0 Å². The molecule has 0 aliphatic carbocycles. The van der Waals surface area contributed by atoms with Crippen LogP contribution in [0, 0.1) is 10.1 Å². The van der Waals surface area contributed by atoms with Crippen molar-refractivity contribution in [2.24, 2.45) is 0 Å². The Labute approximate surface area is 94.9 Å². The summed E-state index contributed by atoms with van der Waals surface area (Å²) < 4.78 is 0. The minimum atomic E-state index is -0.419. The number of nitrogen functional groups attached to an aromatic ring is 1. The maximum atomic E-state index is 10.6. The molecular formula is C9H8N4O2S. The maximum absolute atomic E-state index is 10.6. The molecule has 7 heteroatoms. The highest BCUT2D eigenvalue weighted by Crippen LogP contribution is 2.19. The quantitative estimate of drug-likeness (QED) is 0.645. The van der Waals surface area contributed by atoms with E-state index in [4.69, 9.17) is 5.73 Å². The van der Waals surface area contributed by atoms with E-state index in [0.29, 0.717) is 11.6 Å². The highest BCUT2D eigenvalue weighted by atomic mass is 32.1. The zero-order chi connectivity index (χ0) is 11.5. The van der Waals surface area contributed by atoms with Gasteiger partial charge in [0.25, 0.3) is 5.69 Å². The molecule has 0 amide bonds. The average molecular weight is 236 g/mol. The fourth-order valence-corrected chi connectivity index (χ4v) is 1.94. The second-order valence-electron chi connectivity index (χ2n) is 3.14. The Kier molecular flexibility index (Phi) is 2.78. The summed E-state index contributed by atoms with van der Waals surface area (Å²) in [5, 5.41) is 19.3. The van der Waals surface area contributed by atoms with Gasteiger partial charge in [-0.25, -0.2) is 0 Å². The lowest BCUT2D eigenvalue weighted by atomic mass is 10.1. The SMILES string of the molecule is Nc1nnc(Cc2cccc([N+](=O)[O-])c2)s1. The predicted octanol–water partition coefficient (Wildman–Crippen LogP) is 1.62. The van der Waals surface area contributed by atoms with Crippen molar-refractivity contribution in [3.05, 3.63) is 45.0 Å². The molecule has 2 rings (SSSR count). The van der Waals surface area contributed by atoms with Crippen molar-refractivity contribution in [1.29, 1.82) is 0 Å². The van der Waals surface area contributed by atoms with Gasteiger partial charge in [0.15, 0.2) is 0 Å². The van der Waals surface area contributed by atoms with Crippen LogP contribution in [0.3, 0.4) is 0 Å². The molecule has 0 saturated carbocycles. The first-order valence-corrected chi connectivity index (χ1v) is 5.28. The zero-order valence-corrected chi connectivity index (χ0v) is 8.98. The van der Waals surface area contributed by atoms with E-state index in [-0.39, 0.29) is 5.69 Å². The summed E-state index contributed by atoms with van der Waals surface area (Å²) in [4.78, 5) is 10.2. The summed E-state index contributed by atoms with van der Waals surface area (Å²) in [5.41, 5.74) is 6.35. The van der Waals surface area contributed by atoms with Gasteiger partial charge in [0, 0.05) is 18.6 Å². The van der Waals surface area contributed by atoms with Gasteiger partial charge in [-0.2, -0.15) is 0 Å². The Morgan fingerprint density at radius 1 is 1.44 bits per heavy atom. The van der Waals surface area contributed by atoms with E-state index < -0.39 is 4.92 Å². The van der Waals surface area contributed by atoms with E-state index in [1.54, 1.807) is 6.07 Å². The lowest BCUT2D eigenvalue weighted by Gasteiger charge is -1.97. The number of benzene rings is 1. The van der Waals surface area contributed by atoms with Crippen LogP contribution >= 0.6 is 11.3 Å². The van der Waals surface area contributed by atoms with Gasteiger partial charge < -0.3 is 5.73 Å². The molecule has 1 aromatic carbocycles. The van der Waals surface area contributed by atoms with Crippen molar-refractivity contribution in [2.75, 3.05) is 5.73 Å². The largest absolute Gasteiger partial charge is 0.374 e. The van der Waals surface area contributed by atoms with Gasteiger partial charge in [0.1, 0.15) is 5.01 Å².